The number of ether oxygens (including phenoxy) is 1. The Hall–Kier alpha value is -3.35. The van der Waals surface area contributed by atoms with Crippen molar-refractivity contribution in [3.8, 4) is 0 Å². The van der Waals surface area contributed by atoms with Gasteiger partial charge in [0, 0.05) is 31.0 Å². The first-order valence-electron chi connectivity index (χ1n) is 9.30. The summed E-state index contributed by atoms with van der Waals surface area (Å²) in [6.45, 7) is 5.03. The molecule has 0 saturated heterocycles. The zero-order valence-corrected chi connectivity index (χ0v) is 17.4. The molecule has 0 heterocycles. The fourth-order valence-electron chi connectivity index (χ4n) is 2.52. The molecule has 0 unspecified atom stereocenters. The molecule has 29 heavy (non-hydrogen) atoms. The number of hydrogen-bond acceptors (Lipinski definition) is 5. The van der Waals surface area contributed by atoms with Gasteiger partial charge in [-0.05, 0) is 68.3 Å². The molecule has 0 bridgehead atoms. The lowest BCUT2D eigenvalue weighted by molar-refractivity contribution is -0.152. The van der Waals surface area contributed by atoms with Crippen LogP contribution in [0, 0.1) is 13.8 Å². The van der Waals surface area contributed by atoms with Crippen LogP contribution in [0.25, 0.3) is 0 Å². The maximum absolute atomic E-state index is 12.2. The number of esters is 1. The van der Waals surface area contributed by atoms with Gasteiger partial charge in [0.05, 0.1) is 0 Å². The van der Waals surface area contributed by atoms with E-state index in [9.17, 15) is 14.4 Å². The molecule has 0 fully saturated rings. The van der Waals surface area contributed by atoms with Crippen molar-refractivity contribution in [1.82, 2.24) is 5.32 Å². The molecule has 2 N–H and O–H groups in total. The van der Waals surface area contributed by atoms with Gasteiger partial charge in [-0.3, -0.25) is 14.4 Å². The lowest BCUT2D eigenvalue weighted by atomic mass is 10.1. The fourth-order valence-corrected chi connectivity index (χ4v) is 2.52. The summed E-state index contributed by atoms with van der Waals surface area (Å²) < 4.78 is 5.10. The van der Waals surface area contributed by atoms with Gasteiger partial charge in [0.15, 0.2) is 6.10 Å². The van der Waals surface area contributed by atoms with Crippen LogP contribution in [0.15, 0.2) is 42.5 Å². The fraction of sp³-hybridized carbons (Fsp3) is 0.318. The van der Waals surface area contributed by atoms with Crippen LogP contribution in [0.3, 0.4) is 0 Å². The summed E-state index contributed by atoms with van der Waals surface area (Å²) >= 11 is 0. The molecule has 0 saturated carbocycles. The highest BCUT2D eigenvalue weighted by Gasteiger charge is 2.18. The summed E-state index contributed by atoms with van der Waals surface area (Å²) in [5, 5.41) is 5.20. The molecule has 2 aromatic carbocycles. The Morgan fingerprint density at radius 3 is 2.24 bits per heavy atom. The van der Waals surface area contributed by atoms with Gasteiger partial charge in [0.25, 0.3) is 11.8 Å². The van der Waals surface area contributed by atoms with Gasteiger partial charge in [-0.25, -0.2) is 0 Å². The maximum atomic E-state index is 12.2. The molecule has 2 rings (SSSR count). The SMILES string of the molecule is Cc1ccc(C(=O)NCC(=O)O[C@@H](C)C(=O)Nc2ccc(N(C)C)cc2)cc1C. The summed E-state index contributed by atoms with van der Waals surface area (Å²) in [5.41, 5.74) is 4.14. The van der Waals surface area contributed by atoms with E-state index in [2.05, 4.69) is 10.6 Å². The average molecular weight is 397 g/mol. The number of carbonyl (C=O) groups excluding carboxylic acids is 3. The zero-order valence-electron chi connectivity index (χ0n) is 17.4. The van der Waals surface area contributed by atoms with Gasteiger partial charge >= 0.3 is 5.97 Å². The van der Waals surface area contributed by atoms with Crippen LogP contribution >= 0.6 is 0 Å². The van der Waals surface area contributed by atoms with Crippen LogP contribution in [0.1, 0.15) is 28.4 Å². The number of nitrogens with one attached hydrogen (secondary N) is 2. The van der Waals surface area contributed by atoms with Crippen molar-refractivity contribution in [1.29, 1.82) is 0 Å². The quantitative estimate of drug-likeness (QED) is 0.702. The lowest BCUT2D eigenvalue weighted by Crippen LogP contribution is -2.35. The molecular formula is C22H27N3O4. The molecule has 154 valence electrons. The Kier molecular flexibility index (Phi) is 7.36. The number of hydrogen-bond donors (Lipinski definition) is 2. The Bertz CT molecular complexity index is 891. The number of carbonyl (C=O) groups is 3. The molecule has 1 atom stereocenters. The summed E-state index contributed by atoms with van der Waals surface area (Å²) in [4.78, 5) is 38.3. The zero-order chi connectivity index (χ0) is 21.6. The molecular weight excluding hydrogens is 370 g/mol. The Morgan fingerprint density at radius 2 is 1.66 bits per heavy atom. The number of rotatable bonds is 7. The first kappa shape index (κ1) is 21.9. The monoisotopic (exact) mass is 397 g/mol. The molecule has 0 radical (unpaired) electrons. The van der Waals surface area contributed by atoms with Crippen molar-refractivity contribution < 1.29 is 19.1 Å². The van der Waals surface area contributed by atoms with Gasteiger partial charge in [-0.15, -0.1) is 0 Å². The van der Waals surface area contributed by atoms with Crippen LogP contribution < -0.4 is 15.5 Å². The second-order valence-electron chi connectivity index (χ2n) is 7.04. The standard InChI is InChI=1S/C22H27N3O4/c1-14-6-7-17(12-15(14)2)22(28)23-13-20(26)29-16(3)21(27)24-18-8-10-19(11-9-18)25(4)5/h6-12,16H,13H2,1-5H3,(H,23,28)(H,24,27)/t16-/m0/s1. The van der Waals surface area contributed by atoms with E-state index in [0.29, 0.717) is 11.3 Å². The third-order valence-corrected chi connectivity index (χ3v) is 4.49. The van der Waals surface area contributed by atoms with Crippen LogP contribution in [0.2, 0.25) is 0 Å². The maximum Gasteiger partial charge on any atom is 0.326 e. The third-order valence-electron chi connectivity index (χ3n) is 4.49. The van der Waals surface area contributed by atoms with Crippen LogP contribution in [0.5, 0.6) is 0 Å². The highest BCUT2D eigenvalue weighted by molar-refractivity contribution is 5.97. The normalized spacial score (nSPS) is 11.3. The van der Waals surface area contributed by atoms with Crippen molar-refractivity contribution in [2.24, 2.45) is 0 Å². The topological polar surface area (TPSA) is 87.7 Å². The highest BCUT2D eigenvalue weighted by atomic mass is 16.5. The highest BCUT2D eigenvalue weighted by Crippen LogP contribution is 2.16. The molecule has 0 aliphatic rings. The molecule has 0 spiro atoms. The van der Waals surface area contributed by atoms with Gasteiger partial charge in [0.1, 0.15) is 6.54 Å². The predicted octanol–water partition coefficient (Wildman–Crippen LogP) is 2.67. The summed E-state index contributed by atoms with van der Waals surface area (Å²) in [5.74, 6) is -1.51. The van der Waals surface area contributed by atoms with Gasteiger partial charge < -0.3 is 20.3 Å². The van der Waals surface area contributed by atoms with Crippen molar-refractivity contribution in [2.75, 3.05) is 30.9 Å². The van der Waals surface area contributed by atoms with Gasteiger partial charge in [0.2, 0.25) is 0 Å². The average Bonchev–Trinajstić information content (AvgIpc) is 2.68. The van der Waals surface area contributed by atoms with Crippen molar-refractivity contribution in [3.05, 3.63) is 59.2 Å². The minimum atomic E-state index is -0.991. The number of benzene rings is 2. The minimum Gasteiger partial charge on any atom is -0.451 e. The second-order valence-corrected chi connectivity index (χ2v) is 7.04. The van der Waals surface area contributed by atoms with E-state index in [0.717, 1.165) is 16.8 Å². The molecule has 2 amide bonds. The molecule has 0 aliphatic heterocycles. The largest absolute Gasteiger partial charge is 0.451 e. The Morgan fingerprint density at radius 1 is 1.00 bits per heavy atom. The molecule has 2 aromatic rings. The van der Waals surface area contributed by atoms with Crippen molar-refractivity contribution in [2.45, 2.75) is 26.9 Å². The van der Waals surface area contributed by atoms with Crippen LogP contribution in [-0.2, 0) is 14.3 Å². The van der Waals surface area contributed by atoms with E-state index in [-0.39, 0.29) is 12.5 Å². The Labute approximate surface area is 171 Å². The van der Waals surface area contributed by atoms with E-state index in [1.54, 1.807) is 24.3 Å². The summed E-state index contributed by atoms with van der Waals surface area (Å²) in [6.07, 6.45) is -0.991. The van der Waals surface area contributed by atoms with Crippen molar-refractivity contribution in [3.63, 3.8) is 0 Å². The first-order chi connectivity index (χ1) is 13.7. The van der Waals surface area contributed by atoms with E-state index in [4.69, 9.17) is 4.74 Å². The molecule has 0 aliphatic carbocycles. The Balaban J connectivity index is 1.82. The van der Waals surface area contributed by atoms with Crippen molar-refractivity contribution >= 4 is 29.2 Å². The first-order valence-corrected chi connectivity index (χ1v) is 9.30. The van der Waals surface area contributed by atoms with E-state index in [1.807, 2.05) is 51.0 Å². The minimum absolute atomic E-state index is 0.319. The van der Waals surface area contributed by atoms with E-state index in [1.165, 1.54) is 6.92 Å². The third kappa shape index (κ3) is 6.34. The summed E-state index contributed by atoms with van der Waals surface area (Å²) in [7, 11) is 3.85. The van der Waals surface area contributed by atoms with E-state index < -0.39 is 18.0 Å². The molecule has 7 heteroatoms. The lowest BCUT2D eigenvalue weighted by Gasteiger charge is -2.15. The molecule has 7 nitrogen and oxygen atoms in total. The number of nitrogens with zero attached hydrogens (tertiary/aromatic N) is 1. The number of amides is 2. The summed E-state index contributed by atoms with van der Waals surface area (Å²) in [6, 6.07) is 12.6. The number of anilines is 2. The van der Waals surface area contributed by atoms with E-state index >= 15 is 0 Å². The smallest absolute Gasteiger partial charge is 0.326 e. The van der Waals surface area contributed by atoms with Gasteiger partial charge in [-0.1, -0.05) is 6.07 Å². The van der Waals surface area contributed by atoms with Crippen LogP contribution in [0.4, 0.5) is 11.4 Å². The predicted molar refractivity (Wildman–Crippen MR) is 113 cm³/mol. The number of aryl methyl sites for hydroxylation is 2. The second kappa shape index (κ2) is 9.73. The van der Waals surface area contributed by atoms with Gasteiger partial charge in [-0.2, -0.15) is 0 Å². The van der Waals surface area contributed by atoms with Crippen LogP contribution in [-0.4, -0.2) is 44.5 Å². The molecule has 0 aromatic heterocycles.